The van der Waals surface area contributed by atoms with E-state index in [1.165, 1.54) is 42.4 Å². The smallest absolute Gasteiger partial charge is 0.0484 e. The lowest BCUT2D eigenvalue weighted by Crippen LogP contribution is -2.53. The van der Waals surface area contributed by atoms with Crippen molar-refractivity contribution in [3.8, 4) is 0 Å². The zero-order valence-electron chi connectivity index (χ0n) is 13.6. The lowest BCUT2D eigenvalue weighted by molar-refractivity contribution is 0.0768. The third-order valence-electron chi connectivity index (χ3n) is 5.42. The highest BCUT2D eigenvalue weighted by molar-refractivity contribution is 5.37. The summed E-state index contributed by atoms with van der Waals surface area (Å²) in [7, 11) is 0. The molecule has 2 rings (SSSR count). The molecule has 0 saturated heterocycles. The van der Waals surface area contributed by atoms with Gasteiger partial charge in [0.15, 0.2) is 0 Å². The molecule has 0 bridgehead atoms. The van der Waals surface area contributed by atoms with Crippen LogP contribution in [0.5, 0.6) is 0 Å². The molecule has 1 aliphatic rings. The first kappa shape index (κ1) is 15.5. The molecule has 0 amide bonds. The summed E-state index contributed by atoms with van der Waals surface area (Å²) in [5.74, 6) is 0. The van der Waals surface area contributed by atoms with E-state index in [4.69, 9.17) is 5.73 Å². The maximum absolute atomic E-state index is 6.82. The first-order valence-corrected chi connectivity index (χ1v) is 8.13. The van der Waals surface area contributed by atoms with Gasteiger partial charge in [-0.15, -0.1) is 0 Å². The Labute approximate surface area is 124 Å². The zero-order valence-corrected chi connectivity index (χ0v) is 13.6. The Hall–Kier alpha value is -0.860. The molecule has 1 fully saturated rings. The Bertz CT molecular complexity index is 443. The Morgan fingerprint density at radius 3 is 2.30 bits per heavy atom. The van der Waals surface area contributed by atoms with Crippen LogP contribution in [0.15, 0.2) is 18.2 Å². The van der Waals surface area contributed by atoms with Crippen LogP contribution in [0, 0.1) is 13.8 Å². The fraction of sp³-hybridized carbons (Fsp3) is 0.667. The highest BCUT2D eigenvalue weighted by Crippen LogP contribution is 2.44. The van der Waals surface area contributed by atoms with Gasteiger partial charge in [-0.25, -0.2) is 0 Å². The average molecular weight is 274 g/mol. The van der Waals surface area contributed by atoms with Gasteiger partial charge < -0.3 is 5.73 Å². The van der Waals surface area contributed by atoms with Crippen molar-refractivity contribution >= 4 is 0 Å². The SMILES string of the molecule is CCN(CC)C1(C(N)c2cccc(C)c2C)CCCC1. The van der Waals surface area contributed by atoms with Crippen molar-refractivity contribution < 1.29 is 0 Å². The van der Waals surface area contributed by atoms with Gasteiger partial charge in [0.2, 0.25) is 0 Å². The fourth-order valence-electron chi connectivity index (χ4n) is 4.06. The molecule has 20 heavy (non-hydrogen) atoms. The molecule has 1 aromatic rings. The molecular weight excluding hydrogens is 244 g/mol. The normalized spacial score (nSPS) is 19.5. The molecule has 0 aromatic heterocycles. The number of benzene rings is 1. The van der Waals surface area contributed by atoms with Gasteiger partial charge in [-0.1, -0.05) is 44.9 Å². The molecule has 0 aliphatic heterocycles. The van der Waals surface area contributed by atoms with Crippen molar-refractivity contribution in [2.24, 2.45) is 5.73 Å². The summed E-state index contributed by atoms with van der Waals surface area (Å²) in [4.78, 5) is 2.60. The van der Waals surface area contributed by atoms with Gasteiger partial charge in [-0.3, -0.25) is 4.90 Å². The van der Waals surface area contributed by atoms with Crippen LogP contribution in [0.3, 0.4) is 0 Å². The van der Waals surface area contributed by atoms with E-state index in [0.29, 0.717) is 0 Å². The van der Waals surface area contributed by atoms with E-state index in [0.717, 1.165) is 13.1 Å². The average Bonchev–Trinajstić information content (AvgIpc) is 2.93. The van der Waals surface area contributed by atoms with E-state index in [1.54, 1.807) is 0 Å². The molecule has 1 saturated carbocycles. The quantitative estimate of drug-likeness (QED) is 0.880. The van der Waals surface area contributed by atoms with Crippen molar-refractivity contribution in [3.05, 3.63) is 34.9 Å². The first-order valence-electron chi connectivity index (χ1n) is 8.13. The molecule has 1 atom stereocenters. The number of hydrogen-bond acceptors (Lipinski definition) is 2. The molecule has 112 valence electrons. The molecule has 2 N–H and O–H groups in total. The van der Waals surface area contributed by atoms with E-state index >= 15 is 0 Å². The van der Waals surface area contributed by atoms with Gasteiger partial charge in [0.05, 0.1) is 0 Å². The van der Waals surface area contributed by atoms with Crippen molar-refractivity contribution in [3.63, 3.8) is 0 Å². The third-order valence-corrected chi connectivity index (χ3v) is 5.42. The summed E-state index contributed by atoms with van der Waals surface area (Å²) >= 11 is 0. The Balaban J connectivity index is 2.41. The van der Waals surface area contributed by atoms with Crippen molar-refractivity contribution in [2.75, 3.05) is 13.1 Å². The maximum Gasteiger partial charge on any atom is 0.0484 e. The number of nitrogens with zero attached hydrogens (tertiary/aromatic N) is 1. The van der Waals surface area contributed by atoms with Crippen LogP contribution in [0.1, 0.15) is 62.3 Å². The Morgan fingerprint density at radius 2 is 1.75 bits per heavy atom. The third kappa shape index (κ3) is 2.51. The van der Waals surface area contributed by atoms with Crippen molar-refractivity contribution in [1.29, 1.82) is 0 Å². The molecule has 1 unspecified atom stereocenters. The summed E-state index contributed by atoms with van der Waals surface area (Å²) in [6, 6.07) is 6.70. The molecule has 0 spiro atoms. The topological polar surface area (TPSA) is 29.3 Å². The monoisotopic (exact) mass is 274 g/mol. The largest absolute Gasteiger partial charge is 0.322 e. The van der Waals surface area contributed by atoms with E-state index in [-0.39, 0.29) is 11.6 Å². The summed E-state index contributed by atoms with van der Waals surface area (Å²) in [5.41, 5.74) is 11.1. The van der Waals surface area contributed by atoms with Crippen LogP contribution in [0.2, 0.25) is 0 Å². The van der Waals surface area contributed by atoms with Gasteiger partial charge in [0, 0.05) is 11.6 Å². The minimum Gasteiger partial charge on any atom is -0.322 e. The predicted molar refractivity (Wildman–Crippen MR) is 87.0 cm³/mol. The number of likely N-dealkylation sites (N-methyl/N-ethyl adjacent to an activating group) is 1. The van der Waals surface area contributed by atoms with Gasteiger partial charge >= 0.3 is 0 Å². The standard InChI is InChI=1S/C18H30N2/c1-5-20(6-2)18(12-7-8-13-18)17(19)16-11-9-10-14(3)15(16)4/h9-11,17H,5-8,12-13,19H2,1-4H3. The van der Waals surface area contributed by atoms with Gasteiger partial charge in [-0.05, 0) is 56.5 Å². The van der Waals surface area contributed by atoms with Crippen LogP contribution >= 0.6 is 0 Å². The van der Waals surface area contributed by atoms with Gasteiger partial charge in [0.25, 0.3) is 0 Å². The lowest BCUT2D eigenvalue weighted by Gasteiger charge is -2.45. The fourth-order valence-corrected chi connectivity index (χ4v) is 4.06. The Morgan fingerprint density at radius 1 is 1.15 bits per heavy atom. The van der Waals surface area contributed by atoms with E-state index in [2.05, 4.69) is 50.8 Å². The van der Waals surface area contributed by atoms with Crippen molar-refractivity contribution in [1.82, 2.24) is 4.90 Å². The van der Waals surface area contributed by atoms with E-state index < -0.39 is 0 Å². The van der Waals surface area contributed by atoms with Crippen LogP contribution < -0.4 is 5.73 Å². The highest BCUT2D eigenvalue weighted by Gasteiger charge is 2.44. The second-order valence-corrected chi connectivity index (χ2v) is 6.25. The van der Waals surface area contributed by atoms with Crippen LogP contribution in [-0.4, -0.2) is 23.5 Å². The second-order valence-electron chi connectivity index (χ2n) is 6.25. The van der Waals surface area contributed by atoms with Gasteiger partial charge in [-0.2, -0.15) is 0 Å². The molecule has 0 heterocycles. The minimum absolute atomic E-state index is 0.129. The van der Waals surface area contributed by atoms with Gasteiger partial charge in [0.1, 0.15) is 0 Å². The van der Waals surface area contributed by atoms with Crippen LogP contribution in [0.25, 0.3) is 0 Å². The molecule has 2 nitrogen and oxygen atoms in total. The number of rotatable bonds is 5. The summed E-state index contributed by atoms with van der Waals surface area (Å²) in [5, 5.41) is 0. The second kappa shape index (κ2) is 6.28. The molecule has 1 aliphatic carbocycles. The molecule has 0 radical (unpaired) electrons. The predicted octanol–water partition coefficient (Wildman–Crippen LogP) is 3.96. The zero-order chi connectivity index (χ0) is 14.8. The van der Waals surface area contributed by atoms with Crippen LogP contribution in [0.4, 0.5) is 0 Å². The van der Waals surface area contributed by atoms with Crippen molar-refractivity contribution in [2.45, 2.75) is 65.0 Å². The van der Waals surface area contributed by atoms with Crippen LogP contribution in [-0.2, 0) is 0 Å². The Kier molecular flexibility index (Phi) is 4.87. The minimum atomic E-state index is 0.129. The molecular formula is C18H30N2. The number of hydrogen-bond donors (Lipinski definition) is 1. The lowest BCUT2D eigenvalue weighted by atomic mass is 9.80. The molecule has 2 heteroatoms. The first-order chi connectivity index (χ1) is 9.56. The van der Waals surface area contributed by atoms with E-state index in [9.17, 15) is 0 Å². The molecule has 1 aromatic carbocycles. The number of aryl methyl sites for hydroxylation is 1. The summed E-state index contributed by atoms with van der Waals surface area (Å²) in [6.07, 6.45) is 5.11. The number of nitrogens with two attached hydrogens (primary N) is 1. The van der Waals surface area contributed by atoms with E-state index in [1.807, 2.05) is 0 Å². The highest BCUT2D eigenvalue weighted by atomic mass is 15.2. The summed E-state index contributed by atoms with van der Waals surface area (Å²) in [6.45, 7) is 11.1. The maximum atomic E-state index is 6.82. The summed E-state index contributed by atoms with van der Waals surface area (Å²) < 4.78 is 0.